The molecule has 1 aromatic heterocycles. The van der Waals surface area contributed by atoms with Crippen LogP contribution in [0.5, 0.6) is 0 Å². The van der Waals surface area contributed by atoms with Crippen molar-refractivity contribution in [3.05, 3.63) is 29.6 Å². The lowest BCUT2D eigenvalue weighted by molar-refractivity contribution is 0.165. The van der Waals surface area contributed by atoms with Crippen molar-refractivity contribution in [2.45, 2.75) is 59.2 Å². The van der Waals surface area contributed by atoms with E-state index in [1.54, 1.807) is 0 Å². The van der Waals surface area contributed by atoms with Crippen molar-refractivity contribution in [3.63, 3.8) is 0 Å². The Hall–Kier alpha value is -0.930. The fourth-order valence-electron chi connectivity index (χ4n) is 3.53. The summed E-state index contributed by atoms with van der Waals surface area (Å²) < 4.78 is 0. The molecule has 1 aliphatic rings. The van der Waals surface area contributed by atoms with Crippen molar-refractivity contribution in [1.29, 1.82) is 0 Å². The Balaban J connectivity index is 2.06. The molecule has 1 fully saturated rings. The van der Waals surface area contributed by atoms with Crippen molar-refractivity contribution in [1.82, 2.24) is 15.2 Å². The Bertz CT molecular complexity index is 442. The van der Waals surface area contributed by atoms with E-state index in [0.29, 0.717) is 17.5 Å². The molecule has 2 atom stereocenters. The zero-order valence-corrected chi connectivity index (χ0v) is 13.6. The third-order valence-corrected chi connectivity index (χ3v) is 4.66. The molecule has 1 heterocycles. The van der Waals surface area contributed by atoms with Crippen molar-refractivity contribution in [2.75, 3.05) is 13.6 Å². The molecule has 1 N–H and O–H groups in total. The summed E-state index contributed by atoms with van der Waals surface area (Å²) in [5, 5.41) is 3.70. The normalized spacial score (nSPS) is 25.3. The number of likely N-dealkylation sites (N-methyl/N-ethyl adjacent to an activating group) is 2. The fraction of sp³-hybridized carbons (Fsp3) is 0.706. The molecular weight excluding hydrogens is 246 g/mol. The fourth-order valence-corrected chi connectivity index (χ4v) is 3.53. The van der Waals surface area contributed by atoms with Gasteiger partial charge in [0.2, 0.25) is 0 Å². The van der Waals surface area contributed by atoms with Gasteiger partial charge in [0.25, 0.3) is 0 Å². The van der Waals surface area contributed by atoms with Gasteiger partial charge in [0.15, 0.2) is 0 Å². The molecule has 0 aliphatic heterocycles. The van der Waals surface area contributed by atoms with Crippen LogP contribution in [0, 0.1) is 12.3 Å². The highest BCUT2D eigenvalue weighted by molar-refractivity contribution is 5.10. The van der Waals surface area contributed by atoms with E-state index >= 15 is 0 Å². The number of rotatable bonds is 5. The van der Waals surface area contributed by atoms with E-state index in [2.05, 4.69) is 68.1 Å². The van der Waals surface area contributed by atoms with Gasteiger partial charge in [-0.05, 0) is 50.9 Å². The summed E-state index contributed by atoms with van der Waals surface area (Å²) in [6.07, 6.45) is 2.56. The smallest absolute Gasteiger partial charge is 0.0547 e. The lowest BCUT2D eigenvalue weighted by atomic mass is 9.86. The Labute approximate surface area is 123 Å². The third-order valence-electron chi connectivity index (χ3n) is 4.66. The van der Waals surface area contributed by atoms with E-state index in [0.717, 1.165) is 18.8 Å². The first kappa shape index (κ1) is 15.5. The predicted molar refractivity (Wildman–Crippen MR) is 84.7 cm³/mol. The van der Waals surface area contributed by atoms with E-state index < -0.39 is 0 Å². The van der Waals surface area contributed by atoms with Gasteiger partial charge >= 0.3 is 0 Å². The van der Waals surface area contributed by atoms with Crippen LogP contribution in [-0.2, 0) is 6.54 Å². The molecule has 0 aromatic carbocycles. The van der Waals surface area contributed by atoms with E-state index in [4.69, 9.17) is 0 Å². The number of hydrogen-bond donors (Lipinski definition) is 1. The monoisotopic (exact) mass is 275 g/mol. The summed E-state index contributed by atoms with van der Waals surface area (Å²) in [4.78, 5) is 7.11. The molecule has 0 radical (unpaired) electrons. The summed E-state index contributed by atoms with van der Waals surface area (Å²) in [5.41, 5.74) is 2.66. The summed E-state index contributed by atoms with van der Waals surface area (Å²) in [7, 11) is 2.24. The number of aromatic nitrogens is 1. The molecule has 2 rings (SSSR count). The van der Waals surface area contributed by atoms with Crippen LogP contribution in [0.25, 0.3) is 0 Å². The highest BCUT2D eigenvalue weighted by Crippen LogP contribution is 2.39. The highest BCUT2D eigenvalue weighted by Gasteiger charge is 2.42. The van der Waals surface area contributed by atoms with Crippen molar-refractivity contribution < 1.29 is 0 Å². The zero-order valence-electron chi connectivity index (χ0n) is 13.6. The Morgan fingerprint density at radius 1 is 1.40 bits per heavy atom. The summed E-state index contributed by atoms with van der Waals surface area (Å²) >= 11 is 0. The molecule has 112 valence electrons. The average molecular weight is 275 g/mol. The number of hydrogen-bond acceptors (Lipinski definition) is 3. The van der Waals surface area contributed by atoms with Gasteiger partial charge in [-0.3, -0.25) is 9.88 Å². The first-order valence-electron chi connectivity index (χ1n) is 7.80. The number of nitrogens with one attached hydrogen (secondary N) is 1. The van der Waals surface area contributed by atoms with Crippen molar-refractivity contribution in [2.24, 2.45) is 5.41 Å². The van der Waals surface area contributed by atoms with Crippen LogP contribution in [0.15, 0.2) is 18.2 Å². The molecule has 3 heteroatoms. The van der Waals surface area contributed by atoms with Crippen molar-refractivity contribution in [3.8, 4) is 0 Å². The Kier molecular flexibility index (Phi) is 4.82. The second-order valence-corrected chi connectivity index (χ2v) is 6.82. The largest absolute Gasteiger partial charge is 0.312 e. The molecule has 1 aliphatic carbocycles. The minimum absolute atomic E-state index is 0.384. The van der Waals surface area contributed by atoms with Crippen LogP contribution in [0.2, 0.25) is 0 Å². The standard InChI is InChI=1S/C17H29N3/c1-6-18-16-15(10-11-17(16,3)4)20(5)12-14-9-7-8-13(2)19-14/h7-9,15-16,18H,6,10-12H2,1-5H3. The zero-order chi connectivity index (χ0) is 14.8. The Morgan fingerprint density at radius 3 is 2.80 bits per heavy atom. The molecular formula is C17H29N3. The average Bonchev–Trinajstić information content (AvgIpc) is 2.66. The van der Waals surface area contributed by atoms with Crippen molar-refractivity contribution >= 4 is 0 Å². The van der Waals surface area contributed by atoms with Crippen LogP contribution in [0.3, 0.4) is 0 Å². The van der Waals surface area contributed by atoms with Gasteiger partial charge in [-0.25, -0.2) is 0 Å². The summed E-state index contributed by atoms with van der Waals surface area (Å²) in [6.45, 7) is 11.0. The van der Waals surface area contributed by atoms with Crippen LogP contribution in [-0.4, -0.2) is 35.6 Å². The predicted octanol–water partition coefficient (Wildman–Crippen LogP) is 2.99. The molecule has 0 bridgehead atoms. The Morgan fingerprint density at radius 2 is 2.15 bits per heavy atom. The van der Waals surface area contributed by atoms with Gasteiger partial charge in [0.1, 0.15) is 0 Å². The lowest BCUT2D eigenvalue weighted by Crippen LogP contribution is -2.50. The topological polar surface area (TPSA) is 28.2 Å². The van der Waals surface area contributed by atoms with Gasteiger partial charge in [-0.2, -0.15) is 0 Å². The number of pyridine rings is 1. The van der Waals surface area contributed by atoms with E-state index in [9.17, 15) is 0 Å². The second kappa shape index (κ2) is 6.23. The molecule has 20 heavy (non-hydrogen) atoms. The van der Waals surface area contributed by atoms with Crippen LogP contribution < -0.4 is 5.32 Å². The maximum absolute atomic E-state index is 4.63. The molecule has 2 unspecified atom stereocenters. The molecule has 1 aromatic rings. The molecule has 1 saturated carbocycles. The summed E-state index contributed by atoms with van der Waals surface area (Å²) in [6, 6.07) is 7.47. The van der Waals surface area contributed by atoms with E-state index in [1.165, 1.54) is 18.5 Å². The lowest BCUT2D eigenvalue weighted by Gasteiger charge is -2.36. The van der Waals surface area contributed by atoms with Gasteiger partial charge < -0.3 is 5.32 Å². The second-order valence-electron chi connectivity index (χ2n) is 6.82. The van der Waals surface area contributed by atoms with Crippen LogP contribution in [0.1, 0.15) is 45.0 Å². The summed E-state index contributed by atoms with van der Waals surface area (Å²) in [5.74, 6) is 0. The quantitative estimate of drug-likeness (QED) is 0.895. The maximum Gasteiger partial charge on any atom is 0.0547 e. The van der Waals surface area contributed by atoms with E-state index in [-0.39, 0.29) is 0 Å². The van der Waals surface area contributed by atoms with Crippen LogP contribution in [0.4, 0.5) is 0 Å². The highest BCUT2D eigenvalue weighted by atomic mass is 15.2. The van der Waals surface area contributed by atoms with Gasteiger partial charge in [0, 0.05) is 24.3 Å². The molecule has 0 amide bonds. The number of aryl methyl sites for hydroxylation is 1. The first-order valence-corrected chi connectivity index (χ1v) is 7.80. The maximum atomic E-state index is 4.63. The van der Waals surface area contributed by atoms with E-state index in [1.807, 2.05) is 0 Å². The molecule has 3 nitrogen and oxygen atoms in total. The molecule has 0 saturated heterocycles. The molecule has 0 spiro atoms. The number of nitrogens with zero attached hydrogens (tertiary/aromatic N) is 2. The third kappa shape index (κ3) is 3.39. The van der Waals surface area contributed by atoms with Crippen LogP contribution >= 0.6 is 0 Å². The van der Waals surface area contributed by atoms with Gasteiger partial charge in [-0.15, -0.1) is 0 Å². The minimum Gasteiger partial charge on any atom is -0.312 e. The minimum atomic E-state index is 0.384. The first-order chi connectivity index (χ1) is 9.44. The van der Waals surface area contributed by atoms with Gasteiger partial charge in [0.05, 0.1) is 5.69 Å². The SMILES string of the molecule is CCNC1C(N(C)Cc2cccc(C)n2)CCC1(C)C. The van der Waals surface area contributed by atoms with Gasteiger partial charge in [-0.1, -0.05) is 26.8 Å².